The lowest BCUT2D eigenvalue weighted by Crippen LogP contribution is -2.38. The second-order valence-electron chi connectivity index (χ2n) is 16.2. The van der Waals surface area contributed by atoms with Crippen molar-refractivity contribution in [2.24, 2.45) is 0 Å². The van der Waals surface area contributed by atoms with Gasteiger partial charge in [0.25, 0.3) is 0 Å². The van der Waals surface area contributed by atoms with E-state index in [1.54, 1.807) is 12.1 Å². The molecule has 61 heavy (non-hydrogen) atoms. The molecule has 5 N–H and O–H groups in total. The van der Waals surface area contributed by atoms with E-state index < -0.39 is 6.29 Å². The van der Waals surface area contributed by atoms with Gasteiger partial charge in [0.05, 0.1) is 30.2 Å². The number of carbonyl (C=O) groups is 2. The number of aliphatic hydroxyl groups is 1. The number of para-hydroxylation sites is 2. The maximum atomic E-state index is 12.8. The van der Waals surface area contributed by atoms with Crippen molar-refractivity contribution in [1.29, 1.82) is 0 Å². The third kappa shape index (κ3) is 11.7. The Morgan fingerprint density at radius 2 is 1.43 bits per heavy atom. The summed E-state index contributed by atoms with van der Waals surface area (Å²) >= 11 is 0. The number of anilines is 2. The van der Waals surface area contributed by atoms with Crippen molar-refractivity contribution in [3.63, 3.8) is 0 Å². The van der Waals surface area contributed by atoms with Gasteiger partial charge in [0, 0.05) is 44.0 Å². The van der Waals surface area contributed by atoms with Crippen molar-refractivity contribution in [3.8, 4) is 11.1 Å². The zero-order valence-corrected chi connectivity index (χ0v) is 35.3. The van der Waals surface area contributed by atoms with Gasteiger partial charge in [-0.15, -0.1) is 0 Å². The number of likely N-dealkylation sites (N-methyl/N-ethyl adjacent to an activating group) is 1. The van der Waals surface area contributed by atoms with Crippen LogP contribution in [0.3, 0.4) is 0 Å². The zero-order chi connectivity index (χ0) is 42.6. The second kappa shape index (κ2) is 21.1. The molecule has 0 spiro atoms. The molecule has 1 fully saturated rings. The van der Waals surface area contributed by atoms with E-state index in [0.29, 0.717) is 37.2 Å². The number of nitrogens with two attached hydrogens (primary N) is 1. The van der Waals surface area contributed by atoms with Gasteiger partial charge in [-0.25, -0.2) is 0 Å². The topological polar surface area (TPSA) is 126 Å². The molecule has 1 heterocycles. The summed E-state index contributed by atoms with van der Waals surface area (Å²) in [6.45, 7) is 3.39. The van der Waals surface area contributed by atoms with E-state index in [1.165, 1.54) is 16.3 Å². The van der Waals surface area contributed by atoms with Crippen LogP contribution in [0.25, 0.3) is 21.9 Å². The van der Waals surface area contributed by atoms with Gasteiger partial charge in [-0.1, -0.05) is 134 Å². The molecule has 2 amide bonds. The second-order valence-corrected chi connectivity index (χ2v) is 16.2. The van der Waals surface area contributed by atoms with Gasteiger partial charge in [-0.3, -0.25) is 14.5 Å². The van der Waals surface area contributed by atoms with Crippen molar-refractivity contribution in [2.75, 3.05) is 24.6 Å². The summed E-state index contributed by atoms with van der Waals surface area (Å²) in [5, 5.41) is 18.1. The summed E-state index contributed by atoms with van der Waals surface area (Å²) in [5.41, 5.74) is 14.4. The fourth-order valence-electron chi connectivity index (χ4n) is 8.04. The normalized spacial score (nSPS) is 17.0. The van der Waals surface area contributed by atoms with Crippen LogP contribution in [0.5, 0.6) is 0 Å². The monoisotopic (exact) mass is 818 g/mol. The predicted octanol–water partition coefficient (Wildman–Crippen LogP) is 10.4. The first-order chi connectivity index (χ1) is 29.7. The highest BCUT2D eigenvalue weighted by Crippen LogP contribution is 2.39. The number of hydrogen-bond donors (Lipinski definition) is 4. The number of nitrogens with one attached hydrogen (secondary N) is 2. The molecule has 9 nitrogen and oxygen atoms in total. The van der Waals surface area contributed by atoms with Crippen LogP contribution in [-0.4, -0.2) is 41.5 Å². The molecular formula is C52H58N4O5. The summed E-state index contributed by atoms with van der Waals surface area (Å²) in [6, 6.07) is 47.1. The van der Waals surface area contributed by atoms with E-state index in [2.05, 4.69) is 108 Å². The minimum Gasteiger partial charge on any atom is -0.397 e. The van der Waals surface area contributed by atoms with Crippen LogP contribution in [0.1, 0.15) is 98.1 Å². The number of aliphatic hydroxyl groups excluding tert-OH is 1. The van der Waals surface area contributed by atoms with Crippen LogP contribution in [-0.2, 0) is 32.2 Å². The number of unbranched alkanes of at least 4 members (excludes halogenated alkanes) is 3. The molecule has 6 aromatic rings. The van der Waals surface area contributed by atoms with Gasteiger partial charge < -0.3 is 30.9 Å². The number of ether oxygens (including phenoxy) is 2. The third-order valence-corrected chi connectivity index (χ3v) is 11.8. The lowest BCUT2D eigenvalue weighted by Gasteiger charge is -2.39. The number of nitrogens with zero attached hydrogens (tertiary/aromatic N) is 1. The number of benzene rings is 6. The first kappa shape index (κ1) is 43.3. The van der Waals surface area contributed by atoms with Crippen molar-refractivity contribution < 1.29 is 24.2 Å². The average molecular weight is 819 g/mol. The van der Waals surface area contributed by atoms with Crippen LogP contribution >= 0.6 is 0 Å². The fraction of sp³-hybridized carbons (Fsp3) is 0.308. The Morgan fingerprint density at radius 1 is 0.754 bits per heavy atom. The number of nitrogen functional groups attached to an aromatic ring is 1. The minimum absolute atomic E-state index is 0.00355. The van der Waals surface area contributed by atoms with Gasteiger partial charge in [-0.05, 0) is 89.2 Å². The highest BCUT2D eigenvalue weighted by Gasteiger charge is 2.33. The Labute approximate surface area is 359 Å². The van der Waals surface area contributed by atoms with E-state index in [0.717, 1.165) is 65.6 Å². The van der Waals surface area contributed by atoms with E-state index >= 15 is 0 Å². The van der Waals surface area contributed by atoms with Gasteiger partial charge in [-0.2, -0.15) is 0 Å². The Kier molecular flexibility index (Phi) is 15.0. The Bertz CT molecular complexity index is 2370. The fourth-order valence-corrected chi connectivity index (χ4v) is 8.04. The largest absolute Gasteiger partial charge is 0.397 e. The average Bonchev–Trinajstić information content (AvgIpc) is 3.29. The van der Waals surface area contributed by atoms with Crippen LogP contribution in [0, 0.1) is 0 Å². The van der Waals surface area contributed by atoms with E-state index in [-0.39, 0.29) is 36.7 Å². The molecule has 0 aromatic heterocycles. The SMILES string of the molecule is CC(c1ccc2ccccc2c1)N(C)CC1CC(c2ccc(CO)cc2)OC(c2ccc(-c3ccccc3CNC(=O)CCCCCCC(=O)Nc3ccccc3N)cc2)O1. The molecule has 1 aliphatic heterocycles. The molecule has 0 bridgehead atoms. The molecule has 4 atom stereocenters. The molecule has 4 unspecified atom stereocenters. The van der Waals surface area contributed by atoms with Crippen LogP contribution in [0.4, 0.5) is 11.4 Å². The minimum atomic E-state index is -0.569. The van der Waals surface area contributed by atoms with Gasteiger partial charge in [0.2, 0.25) is 11.8 Å². The predicted molar refractivity (Wildman–Crippen MR) is 244 cm³/mol. The van der Waals surface area contributed by atoms with Crippen molar-refractivity contribution in [1.82, 2.24) is 10.2 Å². The zero-order valence-electron chi connectivity index (χ0n) is 35.3. The molecule has 0 saturated carbocycles. The summed E-state index contributed by atoms with van der Waals surface area (Å²) in [6.07, 6.45) is 4.00. The quantitative estimate of drug-likeness (QED) is 0.0503. The number of carbonyl (C=O) groups excluding carboxylic acids is 2. The van der Waals surface area contributed by atoms with E-state index in [1.807, 2.05) is 48.5 Å². The highest BCUT2D eigenvalue weighted by atomic mass is 16.7. The molecule has 6 aromatic carbocycles. The summed E-state index contributed by atoms with van der Waals surface area (Å²) in [4.78, 5) is 27.5. The van der Waals surface area contributed by atoms with Gasteiger partial charge in [0.1, 0.15) is 0 Å². The first-order valence-electron chi connectivity index (χ1n) is 21.5. The number of fused-ring (bicyclic) bond motifs is 1. The molecule has 9 heteroatoms. The number of hydrogen-bond acceptors (Lipinski definition) is 7. The van der Waals surface area contributed by atoms with Gasteiger partial charge in [0.15, 0.2) is 6.29 Å². The smallest absolute Gasteiger partial charge is 0.224 e. The Morgan fingerprint density at radius 3 is 2.18 bits per heavy atom. The molecule has 7 rings (SSSR count). The molecule has 316 valence electrons. The summed E-state index contributed by atoms with van der Waals surface area (Å²) < 4.78 is 13.4. The number of amides is 2. The van der Waals surface area contributed by atoms with Crippen LogP contribution < -0.4 is 16.4 Å². The first-order valence-corrected chi connectivity index (χ1v) is 21.5. The van der Waals surface area contributed by atoms with Gasteiger partial charge >= 0.3 is 0 Å². The highest BCUT2D eigenvalue weighted by molar-refractivity contribution is 5.93. The van der Waals surface area contributed by atoms with Crippen LogP contribution in [0.15, 0.2) is 140 Å². The van der Waals surface area contributed by atoms with Crippen molar-refractivity contribution >= 4 is 34.0 Å². The molecule has 1 saturated heterocycles. The standard InChI is InChI=1S/C52H58N4O5/c1-36(42-30-25-38-13-7-8-14-43(38)31-42)56(2)34-45-32-49(40-23-21-37(35-57)22-24-40)61-52(60-45)41-28-26-39(27-29-41)46-16-10-9-15-44(46)33-54-50(58)19-5-3-4-6-20-51(59)55-48-18-12-11-17-47(48)53/h7-18,21-31,36,45,49,52,57H,3-6,19-20,32-35,53H2,1-2H3,(H,54,58)(H,55,59). The van der Waals surface area contributed by atoms with Crippen molar-refractivity contribution in [3.05, 3.63) is 167 Å². The summed E-state index contributed by atoms with van der Waals surface area (Å²) in [7, 11) is 2.16. The molecule has 0 aliphatic carbocycles. The third-order valence-electron chi connectivity index (χ3n) is 11.8. The number of rotatable bonds is 18. The molecular weight excluding hydrogens is 761 g/mol. The van der Waals surface area contributed by atoms with E-state index in [4.69, 9.17) is 15.2 Å². The molecule has 1 aliphatic rings. The lowest BCUT2D eigenvalue weighted by molar-refractivity contribution is -0.253. The maximum Gasteiger partial charge on any atom is 0.224 e. The summed E-state index contributed by atoms with van der Waals surface area (Å²) in [5.74, 6) is -0.0353. The Balaban J connectivity index is 0.941. The Hall–Kier alpha value is -5.84. The lowest BCUT2D eigenvalue weighted by atomic mass is 9.97. The van der Waals surface area contributed by atoms with E-state index in [9.17, 15) is 14.7 Å². The maximum absolute atomic E-state index is 12.8. The van der Waals surface area contributed by atoms with Crippen LogP contribution in [0.2, 0.25) is 0 Å². The van der Waals surface area contributed by atoms with Crippen molar-refractivity contribution in [2.45, 2.75) is 89.6 Å². The molecule has 0 radical (unpaired) electrons.